The van der Waals surface area contributed by atoms with Crippen molar-refractivity contribution in [3.63, 3.8) is 0 Å². The van der Waals surface area contributed by atoms with Crippen LogP contribution in [0.5, 0.6) is 5.75 Å². The van der Waals surface area contributed by atoms with Gasteiger partial charge in [0.1, 0.15) is 17.9 Å². The van der Waals surface area contributed by atoms with Gasteiger partial charge in [0, 0.05) is 12.0 Å². The van der Waals surface area contributed by atoms with E-state index in [1.54, 1.807) is 0 Å². The van der Waals surface area contributed by atoms with Crippen LogP contribution in [0, 0.1) is 5.82 Å². The largest absolute Gasteiger partial charge is 0.496 e. The van der Waals surface area contributed by atoms with E-state index in [9.17, 15) is 9.18 Å². The summed E-state index contributed by atoms with van der Waals surface area (Å²) in [7, 11) is 1.53. The van der Waals surface area contributed by atoms with Crippen molar-refractivity contribution in [2.24, 2.45) is 0 Å². The first-order valence-corrected chi connectivity index (χ1v) is 5.43. The number of carbonyl (C=O) groups excluding carboxylic acids is 1. The number of aldehydes is 1. The predicted molar refractivity (Wildman–Crippen MR) is 61.4 cm³/mol. The third kappa shape index (κ3) is 2.60. The van der Waals surface area contributed by atoms with E-state index >= 15 is 0 Å². The monoisotopic (exact) mass is 224 g/mol. The lowest BCUT2D eigenvalue weighted by atomic mass is 9.96. The fourth-order valence-corrected chi connectivity index (χ4v) is 1.72. The van der Waals surface area contributed by atoms with Crippen LogP contribution >= 0.6 is 0 Å². The minimum Gasteiger partial charge on any atom is -0.496 e. The van der Waals surface area contributed by atoms with E-state index in [1.807, 2.05) is 19.9 Å². The summed E-state index contributed by atoms with van der Waals surface area (Å²) >= 11 is 0. The Kier molecular flexibility index (Phi) is 4.47. The Balaban J connectivity index is 3.14. The number of rotatable bonds is 5. The lowest BCUT2D eigenvalue weighted by Crippen LogP contribution is -2.01. The number of carbonyl (C=O) groups is 1. The molecule has 0 aliphatic carbocycles. The third-order valence-electron chi connectivity index (χ3n) is 2.77. The van der Waals surface area contributed by atoms with Crippen molar-refractivity contribution in [1.82, 2.24) is 0 Å². The third-order valence-corrected chi connectivity index (χ3v) is 2.77. The molecule has 2 nitrogen and oxygen atoms in total. The summed E-state index contributed by atoms with van der Waals surface area (Å²) in [5, 5.41) is 0. The van der Waals surface area contributed by atoms with Gasteiger partial charge in [-0.3, -0.25) is 0 Å². The van der Waals surface area contributed by atoms with Gasteiger partial charge >= 0.3 is 0 Å². The average Bonchev–Trinajstić information content (AvgIpc) is 2.28. The van der Waals surface area contributed by atoms with Gasteiger partial charge < -0.3 is 9.53 Å². The van der Waals surface area contributed by atoms with E-state index in [-0.39, 0.29) is 11.7 Å². The molecule has 0 bridgehead atoms. The van der Waals surface area contributed by atoms with E-state index in [2.05, 4.69) is 0 Å². The van der Waals surface area contributed by atoms with E-state index in [4.69, 9.17) is 4.74 Å². The molecule has 1 rings (SSSR count). The topological polar surface area (TPSA) is 26.3 Å². The summed E-state index contributed by atoms with van der Waals surface area (Å²) in [6, 6.07) is 3.31. The van der Waals surface area contributed by atoms with Crippen molar-refractivity contribution in [3.8, 4) is 5.75 Å². The molecule has 0 spiro atoms. The molecule has 16 heavy (non-hydrogen) atoms. The summed E-state index contributed by atoms with van der Waals surface area (Å²) < 4.78 is 18.9. The fraction of sp³-hybridized carbons (Fsp3) is 0.462. The Hall–Kier alpha value is -1.38. The van der Waals surface area contributed by atoms with Gasteiger partial charge in [0.15, 0.2) is 0 Å². The SMILES string of the molecule is CCc1c(F)cc(C(C)CC=O)cc1OC. The molecule has 3 heteroatoms. The second-order valence-electron chi connectivity index (χ2n) is 3.84. The van der Waals surface area contributed by atoms with Crippen molar-refractivity contribution in [2.75, 3.05) is 7.11 Å². The standard InChI is InChI=1S/C13H17FO2/c1-4-11-12(14)7-10(8-13(11)16-3)9(2)5-6-15/h6-9H,4-5H2,1-3H3. The van der Waals surface area contributed by atoms with Gasteiger partial charge in [0.05, 0.1) is 7.11 Å². The van der Waals surface area contributed by atoms with Gasteiger partial charge in [0.25, 0.3) is 0 Å². The van der Waals surface area contributed by atoms with Crippen LogP contribution in [0.1, 0.15) is 37.3 Å². The highest BCUT2D eigenvalue weighted by Crippen LogP contribution is 2.29. The van der Waals surface area contributed by atoms with Crippen LogP contribution < -0.4 is 4.74 Å². The van der Waals surface area contributed by atoms with Crippen LogP contribution in [0.15, 0.2) is 12.1 Å². The van der Waals surface area contributed by atoms with Gasteiger partial charge in [-0.05, 0) is 30.0 Å². The van der Waals surface area contributed by atoms with Crippen molar-refractivity contribution >= 4 is 6.29 Å². The Labute approximate surface area is 95.4 Å². The highest BCUT2D eigenvalue weighted by Gasteiger charge is 2.13. The minimum atomic E-state index is -0.255. The van der Waals surface area contributed by atoms with Crippen LogP contribution in [0.4, 0.5) is 4.39 Å². The predicted octanol–water partition coefficient (Wildman–Crippen LogP) is 3.09. The molecule has 88 valence electrons. The molecule has 0 aliphatic heterocycles. The fourth-order valence-electron chi connectivity index (χ4n) is 1.72. The number of hydrogen-bond acceptors (Lipinski definition) is 2. The highest BCUT2D eigenvalue weighted by atomic mass is 19.1. The highest BCUT2D eigenvalue weighted by molar-refractivity contribution is 5.52. The summed E-state index contributed by atoms with van der Waals surface area (Å²) in [5.41, 5.74) is 1.39. The summed E-state index contributed by atoms with van der Waals surface area (Å²) in [6.45, 7) is 3.78. The van der Waals surface area contributed by atoms with Crippen LogP contribution in [0.2, 0.25) is 0 Å². The molecule has 0 saturated carbocycles. The summed E-state index contributed by atoms with van der Waals surface area (Å²) in [6.07, 6.45) is 1.84. The smallest absolute Gasteiger partial charge is 0.130 e. The number of methoxy groups -OCH3 is 1. The molecule has 0 saturated heterocycles. The molecule has 0 amide bonds. The zero-order valence-corrected chi connectivity index (χ0v) is 9.92. The number of halogens is 1. The van der Waals surface area contributed by atoms with Crippen LogP contribution in [0.3, 0.4) is 0 Å². The van der Waals surface area contributed by atoms with E-state index in [0.717, 1.165) is 11.8 Å². The molecule has 0 fully saturated rings. The molecular weight excluding hydrogens is 207 g/mol. The summed E-state index contributed by atoms with van der Waals surface area (Å²) in [4.78, 5) is 10.4. The van der Waals surface area contributed by atoms with E-state index in [0.29, 0.717) is 24.2 Å². The van der Waals surface area contributed by atoms with Gasteiger partial charge in [-0.25, -0.2) is 4.39 Å². The molecule has 0 heterocycles. The molecule has 0 aliphatic rings. The molecule has 1 aromatic carbocycles. The number of hydrogen-bond donors (Lipinski definition) is 0. The Bertz CT molecular complexity index is 374. The molecule has 0 radical (unpaired) electrons. The van der Waals surface area contributed by atoms with Crippen LogP contribution in [-0.4, -0.2) is 13.4 Å². The molecular formula is C13H17FO2. The Morgan fingerprint density at radius 2 is 2.19 bits per heavy atom. The molecule has 1 atom stereocenters. The molecule has 1 aromatic rings. The normalized spacial score (nSPS) is 12.2. The van der Waals surface area contributed by atoms with Crippen molar-refractivity contribution in [2.45, 2.75) is 32.6 Å². The second kappa shape index (κ2) is 5.64. The molecule has 0 N–H and O–H groups in total. The first-order valence-electron chi connectivity index (χ1n) is 5.43. The van der Waals surface area contributed by atoms with Crippen LogP contribution in [-0.2, 0) is 11.2 Å². The maximum absolute atomic E-state index is 13.7. The zero-order chi connectivity index (χ0) is 12.1. The van der Waals surface area contributed by atoms with Gasteiger partial charge in [-0.2, -0.15) is 0 Å². The first kappa shape index (κ1) is 12.7. The van der Waals surface area contributed by atoms with Crippen LogP contribution in [0.25, 0.3) is 0 Å². The lowest BCUT2D eigenvalue weighted by Gasteiger charge is -2.14. The van der Waals surface area contributed by atoms with Gasteiger partial charge in [-0.15, -0.1) is 0 Å². The van der Waals surface area contributed by atoms with Gasteiger partial charge in [0.2, 0.25) is 0 Å². The Morgan fingerprint density at radius 3 is 2.69 bits per heavy atom. The van der Waals surface area contributed by atoms with E-state index < -0.39 is 0 Å². The minimum absolute atomic E-state index is 0.0202. The average molecular weight is 224 g/mol. The van der Waals surface area contributed by atoms with Crippen molar-refractivity contribution in [3.05, 3.63) is 29.1 Å². The molecule has 1 unspecified atom stereocenters. The van der Waals surface area contributed by atoms with Gasteiger partial charge in [-0.1, -0.05) is 13.8 Å². The number of ether oxygens (including phenoxy) is 1. The second-order valence-corrected chi connectivity index (χ2v) is 3.84. The first-order chi connectivity index (χ1) is 7.63. The maximum Gasteiger partial charge on any atom is 0.130 e. The lowest BCUT2D eigenvalue weighted by molar-refractivity contribution is -0.108. The van der Waals surface area contributed by atoms with Crippen molar-refractivity contribution < 1.29 is 13.9 Å². The maximum atomic E-state index is 13.7. The zero-order valence-electron chi connectivity index (χ0n) is 9.92. The van der Waals surface area contributed by atoms with Crippen molar-refractivity contribution in [1.29, 1.82) is 0 Å². The quantitative estimate of drug-likeness (QED) is 0.718. The summed E-state index contributed by atoms with van der Waals surface area (Å²) in [5.74, 6) is 0.330. The molecule has 0 aromatic heterocycles. The Morgan fingerprint density at radius 1 is 1.50 bits per heavy atom. The van der Waals surface area contributed by atoms with E-state index in [1.165, 1.54) is 13.2 Å². The number of benzene rings is 1.